The first-order valence-corrected chi connectivity index (χ1v) is 10.7. The van der Waals surface area contributed by atoms with E-state index in [1.54, 1.807) is 36.7 Å². The van der Waals surface area contributed by atoms with Crippen molar-refractivity contribution in [1.82, 2.24) is 4.31 Å². The molecule has 3 aromatic carbocycles. The summed E-state index contributed by atoms with van der Waals surface area (Å²) in [7, 11) is -3.64. The van der Waals surface area contributed by atoms with Gasteiger partial charge in [0.05, 0.1) is 4.90 Å². The maximum absolute atomic E-state index is 13.0. The van der Waals surface area contributed by atoms with Gasteiger partial charge in [-0.3, -0.25) is 0 Å². The molecule has 3 nitrogen and oxygen atoms in total. The van der Waals surface area contributed by atoms with Crippen LogP contribution in [-0.2, 0) is 10.0 Å². The summed E-state index contributed by atoms with van der Waals surface area (Å²) in [5.74, 6) is 0.0756. The zero-order valence-corrected chi connectivity index (χ0v) is 16.1. The minimum Gasteiger partial charge on any atom is -0.250 e. The van der Waals surface area contributed by atoms with Crippen molar-refractivity contribution >= 4 is 10.0 Å². The molecule has 0 saturated heterocycles. The fourth-order valence-corrected chi connectivity index (χ4v) is 4.71. The van der Waals surface area contributed by atoms with Crippen molar-refractivity contribution in [1.29, 1.82) is 0 Å². The normalized spacial score (nSPS) is 19.4. The molecule has 1 heterocycles. The number of hydrogen-bond acceptors (Lipinski definition) is 2. The molecule has 28 heavy (non-hydrogen) atoms. The van der Waals surface area contributed by atoms with Crippen molar-refractivity contribution in [2.24, 2.45) is 0 Å². The van der Waals surface area contributed by atoms with E-state index in [-0.39, 0.29) is 16.7 Å². The van der Waals surface area contributed by atoms with Crippen molar-refractivity contribution in [3.05, 3.63) is 127 Å². The first-order valence-electron chi connectivity index (χ1n) is 9.21. The molecule has 0 bridgehead atoms. The Morgan fingerprint density at radius 3 is 1.39 bits per heavy atom. The molecule has 1 aliphatic heterocycles. The third-order valence-electron chi connectivity index (χ3n) is 4.96. The Hall–Kier alpha value is -3.11. The topological polar surface area (TPSA) is 37.4 Å². The maximum atomic E-state index is 13.0. The van der Waals surface area contributed by atoms with Gasteiger partial charge >= 0.3 is 0 Å². The minimum absolute atomic E-state index is 0.0378. The maximum Gasteiger partial charge on any atom is 0.267 e. The second kappa shape index (κ2) is 7.87. The van der Waals surface area contributed by atoms with E-state index in [1.165, 1.54) is 4.31 Å². The molecule has 0 amide bonds. The lowest BCUT2D eigenvalue weighted by Crippen LogP contribution is -2.20. The predicted octanol–water partition coefficient (Wildman–Crippen LogP) is 5.29. The number of hydrogen-bond donors (Lipinski definition) is 0. The van der Waals surface area contributed by atoms with E-state index < -0.39 is 10.0 Å². The average Bonchev–Trinajstić information content (AvgIpc) is 2.99. The van der Waals surface area contributed by atoms with Crippen LogP contribution in [0.4, 0.5) is 0 Å². The van der Waals surface area contributed by atoms with Crippen molar-refractivity contribution in [3.8, 4) is 0 Å². The Morgan fingerprint density at radius 1 is 0.571 bits per heavy atom. The SMILES string of the molecule is O=S(=O)(c1ccccc1)N1C=C[C@H](c2ccccc2)[C@H](c2ccccc2)C=C1. The fourth-order valence-electron chi connectivity index (χ4n) is 3.51. The summed E-state index contributed by atoms with van der Waals surface area (Å²) in [6, 6.07) is 28.9. The van der Waals surface area contributed by atoms with E-state index >= 15 is 0 Å². The van der Waals surface area contributed by atoms with Crippen LogP contribution in [0.3, 0.4) is 0 Å². The highest BCUT2D eigenvalue weighted by atomic mass is 32.2. The van der Waals surface area contributed by atoms with Crippen molar-refractivity contribution in [2.75, 3.05) is 0 Å². The lowest BCUT2D eigenvalue weighted by atomic mass is 9.81. The lowest BCUT2D eigenvalue weighted by Gasteiger charge is -2.21. The van der Waals surface area contributed by atoms with Crippen molar-refractivity contribution in [2.45, 2.75) is 16.7 Å². The molecule has 1 aliphatic rings. The van der Waals surface area contributed by atoms with Crippen LogP contribution in [0, 0.1) is 0 Å². The smallest absolute Gasteiger partial charge is 0.250 e. The molecule has 3 aromatic rings. The van der Waals surface area contributed by atoms with E-state index in [2.05, 4.69) is 24.3 Å². The summed E-state index contributed by atoms with van der Waals surface area (Å²) in [5.41, 5.74) is 2.30. The highest BCUT2D eigenvalue weighted by molar-refractivity contribution is 7.89. The zero-order chi connectivity index (χ0) is 19.4. The van der Waals surface area contributed by atoms with Gasteiger partial charge < -0.3 is 0 Å². The van der Waals surface area contributed by atoms with Crippen LogP contribution in [-0.4, -0.2) is 12.7 Å². The van der Waals surface area contributed by atoms with Gasteiger partial charge in [-0.15, -0.1) is 0 Å². The van der Waals surface area contributed by atoms with E-state index in [1.807, 2.05) is 54.6 Å². The largest absolute Gasteiger partial charge is 0.267 e. The van der Waals surface area contributed by atoms with Crippen molar-refractivity contribution < 1.29 is 8.42 Å². The van der Waals surface area contributed by atoms with Gasteiger partial charge in [0.2, 0.25) is 0 Å². The van der Waals surface area contributed by atoms with Crippen LogP contribution in [0.2, 0.25) is 0 Å². The van der Waals surface area contributed by atoms with Gasteiger partial charge in [-0.2, -0.15) is 0 Å². The predicted molar refractivity (Wildman–Crippen MR) is 112 cm³/mol. The molecule has 4 heteroatoms. The van der Waals surface area contributed by atoms with Gasteiger partial charge in [0, 0.05) is 24.2 Å². The highest BCUT2D eigenvalue weighted by Crippen LogP contribution is 2.37. The monoisotopic (exact) mass is 387 g/mol. The van der Waals surface area contributed by atoms with Gasteiger partial charge in [-0.1, -0.05) is 91.0 Å². The van der Waals surface area contributed by atoms with E-state index in [9.17, 15) is 8.42 Å². The van der Waals surface area contributed by atoms with Gasteiger partial charge in [0.15, 0.2) is 0 Å². The Bertz CT molecular complexity index is 1020. The van der Waals surface area contributed by atoms with Gasteiger partial charge in [0.25, 0.3) is 10.0 Å². The number of sulfonamides is 1. The zero-order valence-electron chi connectivity index (χ0n) is 15.3. The first-order chi connectivity index (χ1) is 13.7. The second-order valence-corrected chi connectivity index (χ2v) is 8.55. The Balaban J connectivity index is 1.77. The molecule has 0 N–H and O–H groups in total. The van der Waals surface area contributed by atoms with Crippen LogP contribution in [0.25, 0.3) is 0 Å². The van der Waals surface area contributed by atoms with Crippen LogP contribution in [0.15, 0.2) is 120 Å². The first kappa shape index (κ1) is 18.3. The summed E-state index contributed by atoms with van der Waals surface area (Å²) in [6.07, 6.45) is 7.29. The Kier molecular flexibility index (Phi) is 5.13. The molecule has 0 unspecified atom stereocenters. The summed E-state index contributed by atoms with van der Waals surface area (Å²) in [4.78, 5) is 0.277. The molecule has 140 valence electrons. The van der Waals surface area contributed by atoms with E-state index in [0.29, 0.717) is 0 Å². The molecule has 0 spiro atoms. The number of benzene rings is 3. The molecular formula is C24H21NO2S. The van der Waals surface area contributed by atoms with Crippen LogP contribution < -0.4 is 0 Å². The second-order valence-electron chi connectivity index (χ2n) is 6.70. The van der Waals surface area contributed by atoms with Gasteiger partial charge in [-0.25, -0.2) is 12.7 Å². The number of rotatable bonds is 4. The Labute approximate surface area is 166 Å². The minimum atomic E-state index is -3.64. The van der Waals surface area contributed by atoms with E-state index in [0.717, 1.165) is 11.1 Å². The van der Waals surface area contributed by atoms with E-state index in [4.69, 9.17) is 0 Å². The number of nitrogens with zero attached hydrogens (tertiary/aromatic N) is 1. The van der Waals surface area contributed by atoms with Gasteiger partial charge in [-0.05, 0) is 23.3 Å². The quantitative estimate of drug-likeness (QED) is 0.610. The molecule has 0 fully saturated rings. The fraction of sp³-hybridized carbons (Fsp3) is 0.0833. The molecular weight excluding hydrogens is 366 g/mol. The highest BCUT2D eigenvalue weighted by Gasteiger charge is 2.26. The van der Waals surface area contributed by atoms with Gasteiger partial charge in [0.1, 0.15) is 0 Å². The van der Waals surface area contributed by atoms with Crippen molar-refractivity contribution in [3.63, 3.8) is 0 Å². The molecule has 0 radical (unpaired) electrons. The van der Waals surface area contributed by atoms with Crippen LogP contribution >= 0.6 is 0 Å². The third-order valence-corrected chi connectivity index (χ3v) is 6.62. The summed E-state index contributed by atoms with van der Waals surface area (Å²) >= 11 is 0. The molecule has 4 rings (SSSR count). The molecule has 0 aliphatic carbocycles. The summed E-state index contributed by atoms with van der Waals surface area (Å²) in [5, 5.41) is 0. The molecule has 2 atom stereocenters. The average molecular weight is 388 g/mol. The number of allylic oxidation sites excluding steroid dienone is 2. The van der Waals surface area contributed by atoms with Crippen LogP contribution in [0.5, 0.6) is 0 Å². The summed E-state index contributed by atoms with van der Waals surface area (Å²) < 4.78 is 27.4. The third kappa shape index (κ3) is 3.64. The van der Waals surface area contributed by atoms with Crippen LogP contribution in [0.1, 0.15) is 23.0 Å². The Morgan fingerprint density at radius 2 is 0.964 bits per heavy atom. The molecule has 0 saturated carbocycles. The lowest BCUT2D eigenvalue weighted by molar-refractivity contribution is 0.553. The molecule has 0 aromatic heterocycles. The summed E-state index contributed by atoms with van der Waals surface area (Å²) in [6.45, 7) is 0. The standard InChI is InChI=1S/C24H21NO2S/c26-28(27,22-14-8-3-9-15-22)25-18-16-23(20-10-4-1-5-11-20)24(17-19-25)21-12-6-2-7-13-21/h1-19,23-24H/t23-,24+.